The maximum absolute atomic E-state index is 9.28. The standard InChI is InChI=1S/C8H13N3O/c12-8-2-1-7(5-8)6-11-4-3-9-10-11/h3-4,7-8,12H,1-2,5-6H2. The average molecular weight is 167 g/mol. The van der Waals surface area contributed by atoms with Gasteiger partial charge in [-0.05, 0) is 25.2 Å². The van der Waals surface area contributed by atoms with Crippen molar-refractivity contribution >= 4 is 0 Å². The molecule has 1 aromatic heterocycles. The SMILES string of the molecule is OC1CCC(Cn2ccnn2)C1. The Kier molecular flexibility index (Phi) is 2.08. The molecule has 1 fully saturated rings. The summed E-state index contributed by atoms with van der Waals surface area (Å²) < 4.78 is 1.84. The Morgan fingerprint density at radius 1 is 1.50 bits per heavy atom. The van der Waals surface area contributed by atoms with Gasteiger partial charge in [0.2, 0.25) is 0 Å². The molecule has 2 rings (SSSR count). The summed E-state index contributed by atoms with van der Waals surface area (Å²) in [7, 11) is 0. The number of nitrogens with zero attached hydrogens (tertiary/aromatic N) is 3. The van der Waals surface area contributed by atoms with Crippen LogP contribution in [0.15, 0.2) is 12.4 Å². The van der Waals surface area contributed by atoms with Crippen molar-refractivity contribution in [2.24, 2.45) is 5.92 Å². The minimum absolute atomic E-state index is 0.0847. The summed E-state index contributed by atoms with van der Waals surface area (Å²) in [6.07, 6.45) is 6.44. The Hall–Kier alpha value is -0.900. The molecule has 2 unspecified atom stereocenters. The van der Waals surface area contributed by atoms with Crippen molar-refractivity contribution in [3.63, 3.8) is 0 Å². The number of rotatable bonds is 2. The van der Waals surface area contributed by atoms with Crippen molar-refractivity contribution < 1.29 is 5.11 Å². The van der Waals surface area contributed by atoms with E-state index in [1.54, 1.807) is 6.20 Å². The van der Waals surface area contributed by atoms with Crippen LogP contribution in [-0.2, 0) is 6.54 Å². The summed E-state index contributed by atoms with van der Waals surface area (Å²) in [5, 5.41) is 16.9. The lowest BCUT2D eigenvalue weighted by atomic mass is 10.1. The van der Waals surface area contributed by atoms with Crippen LogP contribution < -0.4 is 0 Å². The van der Waals surface area contributed by atoms with Gasteiger partial charge < -0.3 is 5.11 Å². The molecule has 0 saturated heterocycles. The lowest BCUT2D eigenvalue weighted by Crippen LogP contribution is -2.09. The van der Waals surface area contributed by atoms with Gasteiger partial charge in [-0.3, -0.25) is 4.68 Å². The fourth-order valence-electron chi connectivity index (χ4n) is 1.81. The largest absolute Gasteiger partial charge is 0.393 e. The summed E-state index contributed by atoms with van der Waals surface area (Å²) in [6, 6.07) is 0. The molecule has 1 heterocycles. The minimum Gasteiger partial charge on any atom is -0.393 e. The molecule has 0 spiro atoms. The fraction of sp³-hybridized carbons (Fsp3) is 0.750. The lowest BCUT2D eigenvalue weighted by Gasteiger charge is -2.07. The first-order valence-corrected chi connectivity index (χ1v) is 4.37. The van der Waals surface area contributed by atoms with Crippen LogP contribution in [-0.4, -0.2) is 26.2 Å². The first-order valence-electron chi connectivity index (χ1n) is 4.37. The molecule has 1 aliphatic rings. The Morgan fingerprint density at radius 2 is 2.42 bits per heavy atom. The van der Waals surface area contributed by atoms with E-state index in [1.165, 1.54) is 0 Å². The maximum Gasteiger partial charge on any atom is 0.0692 e. The Bertz CT molecular complexity index is 234. The molecule has 0 radical (unpaired) electrons. The highest BCUT2D eigenvalue weighted by molar-refractivity contribution is 4.75. The topological polar surface area (TPSA) is 50.9 Å². The van der Waals surface area contributed by atoms with Crippen LogP contribution in [0.2, 0.25) is 0 Å². The fourth-order valence-corrected chi connectivity index (χ4v) is 1.81. The Morgan fingerprint density at radius 3 is 3.00 bits per heavy atom. The highest BCUT2D eigenvalue weighted by Crippen LogP contribution is 2.26. The molecule has 66 valence electrons. The summed E-state index contributed by atoms with van der Waals surface area (Å²) >= 11 is 0. The predicted molar refractivity (Wildman–Crippen MR) is 43.4 cm³/mol. The second-order valence-electron chi connectivity index (χ2n) is 3.46. The van der Waals surface area contributed by atoms with E-state index in [9.17, 15) is 5.11 Å². The van der Waals surface area contributed by atoms with Crippen LogP contribution in [0, 0.1) is 5.92 Å². The average Bonchev–Trinajstić information content (AvgIpc) is 2.63. The zero-order valence-corrected chi connectivity index (χ0v) is 6.93. The molecular formula is C8H13N3O. The van der Waals surface area contributed by atoms with Gasteiger partial charge in [-0.2, -0.15) is 0 Å². The number of aliphatic hydroxyl groups is 1. The van der Waals surface area contributed by atoms with E-state index in [-0.39, 0.29) is 6.10 Å². The van der Waals surface area contributed by atoms with Crippen LogP contribution >= 0.6 is 0 Å². The molecular weight excluding hydrogens is 154 g/mol. The minimum atomic E-state index is -0.0847. The van der Waals surface area contributed by atoms with Crippen LogP contribution in [0.5, 0.6) is 0 Å². The zero-order valence-electron chi connectivity index (χ0n) is 6.93. The van der Waals surface area contributed by atoms with Crippen LogP contribution in [0.4, 0.5) is 0 Å². The second-order valence-corrected chi connectivity index (χ2v) is 3.46. The van der Waals surface area contributed by atoms with Crippen molar-refractivity contribution in [2.75, 3.05) is 0 Å². The number of hydrogen-bond acceptors (Lipinski definition) is 3. The Balaban J connectivity index is 1.88. The molecule has 0 amide bonds. The van der Waals surface area contributed by atoms with Gasteiger partial charge in [-0.15, -0.1) is 5.10 Å². The third-order valence-corrected chi connectivity index (χ3v) is 2.43. The summed E-state index contributed by atoms with van der Waals surface area (Å²) in [4.78, 5) is 0. The molecule has 4 heteroatoms. The van der Waals surface area contributed by atoms with Gasteiger partial charge in [-0.1, -0.05) is 5.21 Å². The highest BCUT2D eigenvalue weighted by atomic mass is 16.3. The van der Waals surface area contributed by atoms with Crippen LogP contribution in [0.3, 0.4) is 0 Å². The Labute approximate surface area is 71.2 Å². The van der Waals surface area contributed by atoms with E-state index >= 15 is 0 Å². The van der Waals surface area contributed by atoms with Gasteiger partial charge in [0.05, 0.1) is 12.3 Å². The van der Waals surface area contributed by atoms with Crippen molar-refractivity contribution in [1.82, 2.24) is 15.0 Å². The van der Waals surface area contributed by atoms with E-state index in [2.05, 4.69) is 10.3 Å². The maximum atomic E-state index is 9.28. The molecule has 2 atom stereocenters. The monoisotopic (exact) mass is 167 g/mol. The van der Waals surface area contributed by atoms with E-state index in [4.69, 9.17) is 0 Å². The van der Waals surface area contributed by atoms with Crippen LogP contribution in [0.25, 0.3) is 0 Å². The molecule has 0 aromatic carbocycles. The van der Waals surface area contributed by atoms with Gasteiger partial charge in [0.25, 0.3) is 0 Å². The van der Waals surface area contributed by atoms with Crippen molar-refractivity contribution in [3.8, 4) is 0 Å². The molecule has 1 N–H and O–H groups in total. The zero-order chi connectivity index (χ0) is 8.39. The first-order chi connectivity index (χ1) is 5.84. The third kappa shape index (κ3) is 1.64. The molecule has 1 saturated carbocycles. The molecule has 12 heavy (non-hydrogen) atoms. The van der Waals surface area contributed by atoms with E-state index in [0.717, 1.165) is 25.8 Å². The molecule has 1 aromatic rings. The molecule has 4 nitrogen and oxygen atoms in total. The third-order valence-electron chi connectivity index (χ3n) is 2.43. The lowest BCUT2D eigenvalue weighted by molar-refractivity contribution is 0.175. The van der Waals surface area contributed by atoms with Gasteiger partial charge in [0, 0.05) is 12.7 Å². The van der Waals surface area contributed by atoms with E-state index < -0.39 is 0 Å². The second kappa shape index (κ2) is 3.23. The molecule has 0 aliphatic heterocycles. The number of aromatic nitrogens is 3. The summed E-state index contributed by atoms with van der Waals surface area (Å²) in [5.41, 5.74) is 0. The predicted octanol–water partition coefficient (Wildman–Crippen LogP) is 0.439. The van der Waals surface area contributed by atoms with Crippen molar-refractivity contribution in [2.45, 2.75) is 31.9 Å². The smallest absolute Gasteiger partial charge is 0.0692 e. The van der Waals surface area contributed by atoms with Crippen molar-refractivity contribution in [1.29, 1.82) is 0 Å². The molecule has 0 bridgehead atoms. The van der Waals surface area contributed by atoms with Crippen LogP contribution in [0.1, 0.15) is 19.3 Å². The first kappa shape index (κ1) is 7.73. The van der Waals surface area contributed by atoms with Gasteiger partial charge in [-0.25, -0.2) is 0 Å². The number of hydrogen-bond donors (Lipinski definition) is 1. The number of aliphatic hydroxyl groups excluding tert-OH is 1. The quantitative estimate of drug-likeness (QED) is 0.695. The summed E-state index contributed by atoms with van der Waals surface area (Å²) in [5.74, 6) is 0.585. The van der Waals surface area contributed by atoms with E-state index in [1.807, 2.05) is 10.9 Å². The highest BCUT2D eigenvalue weighted by Gasteiger charge is 2.22. The normalized spacial score (nSPS) is 29.4. The van der Waals surface area contributed by atoms with Gasteiger partial charge in [0.1, 0.15) is 0 Å². The summed E-state index contributed by atoms with van der Waals surface area (Å²) in [6.45, 7) is 0.900. The van der Waals surface area contributed by atoms with E-state index in [0.29, 0.717) is 5.92 Å². The van der Waals surface area contributed by atoms with Gasteiger partial charge >= 0.3 is 0 Å². The van der Waals surface area contributed by atoms with Gasteiger partial charge in [0.15, 0.2) is 0 Å². The molecule has 1 aliphatic carbocycles. The van der Waals surface area contributed by atoms with Crippen molar-refractivity contribution in [3.05, 3.63) is 12.4 Å².